The Labute approximate surface area is 191 Å². The largest absolute Gasteiger partial charge is 0.452 e. The van der Waals surface area contributed by atoms with Crippen molar-refractivity contribution in [3.05, 3.63) is 85.9 Å². The summed E-state index contributed by atoms with van der Waals surface area (Å²) in [5, 5.41) is 9.49. The molecule has 5 nitrogen and oxygen atoms in total. The Kier molecular flexibility index (Phi) is 6.66. The lowest BCUT2D eigenvalue weighted by molar-refractivity contribution is -0.384. The van der Waals surface area contributed by atoms with Gasteiger partial charge in [-0.2, -0.15) is 26.3 Å². The van der Waals surface area contributed by atoms with Gasteiger partial charge in [0.15, 0.2) is 11.5 Å². The van der Waals surface area contributed by atoms with E-state index >= 15 is 0 Å². The predicted octanol–water partition coefficient (Wildman–Crippen LogP) is 8.52. The highest BCUT2D eigenvalue weighted by molar-refractivity contribution is 6.33. The number of rotatable bonds is 5. The van der Waals surface area contributed by atoms with Gasteiger partial charge >= 0.3 is 12.4 Å². The Hall–Kier alpha value is -3.18. The van der Waals surface area contributed by atoms with Gasteiger partial charge < -0.3 is 9.47 Å². The summed E-state index contributed by atoms with van der Waals surface area (Å²) in [6.07, 6.45) is -9.61. The van der Waals surface area contributed by atoms with Gasteiger partial charge in [0.1, 0.15) is 11.5 Å². The van der Waals surface area contributed by atoms with Crippen LogP contribution in [0.2, 0.25) is 10.0 Å². The van der Waals surface area contributed by atoms with Crippen LogP contribution in [0.15, 0.2) is 54.6 Å². The van der Waals surface area contributed by atoms with Crippen molar-refractivity contribution in [2.45, 2.75) is 12.4 Å². The molecule has 0 saturated heterocycles. The molecule has 0 radical (unpaired) electrons. The predicted molar refractivity (Wildman–Crippen MR) is 106 cm³/mol. The number of alkyl halides is 6. The van der Waals surface area contributed by atoms with Gasteiger partial charge in [-0.3, -0.25) is 10.1 Å². The molecule has 0 aliphatic rings. The number of nitro groups is 1. The molecule has 0 saturated carbocycles. The van der Waals surface area contributed by atoms with Gasteiger partial charge in [0, 0.05) is 6.07 Å². The molecule has 3 rings (SSSR count). The molecule has 0 aromatic heterocycles. The zero-order chi connectivity index (χ0) is 24.6. The number of nitro benzene ring substituents is 1. The Morgan fingerprint density at radius 1 is 0.697 bits per heavy atom. The molecular formula is C20H9Cl2F6NO4. The summed E-state index contributed by atoms with van der Waals surface area (Å²) < 4.78 is 89.4. The number of nitrogens with zero attached hydrogens (tertiary/aromatic N) is 1. The van der Waals surface area contributed by atoms with Crippen LogP contribution in [0, 0.1) is 10.1 Å². The van der Waals surface area contributed by atoms with Gasteiger partial charge in [0.2, 0.25) is 0 Å². The second kappa shape index (κ2) is 8.99. The minimum atomic E-state index is -4.82. The average molecular weight is 512 g/mol. The van der Waals surface area contributed by atoms with Crippen molar-refractivity contribution in [3.63, 3.8) is 0 Å². The number of halogens is 8. The van der Waals surface area contributed by atoms with Crippen molar-refractivity contribution < 1.29 is 40.7 Å². The molecule has 13 heteroatoms. The summed E-state index contributed by atoms with van der Waals surface area (Å²) in [4.78, 5) is 10.3. The number of hydrogen-bond acceptors (Lipinski definition) is 4. The minimum absolute atomic E-state index is 0.365. The fraction of sp³-hybridized carbons (Fsp3) is 0.100. The summed E-state index contributed by atoms with van der Waals surface area (Å²) in [5.74, 6) is -1.85. The Bertz CT molecular complexity index is 1210. The van der Waals surface area contributed by atoms with Crippen molar-refractivity contribution >= 4 is 28.9 Å². The van der Waals surface area contributed by atoms with Crippen LogP contribution in [0.4, 0.5) is 32.0 Å². The van der Waals surface area contributed by atoms with Crippen LogP contribution in [0.5, 0.6) is 23.0 Å². The van der Waals surface area contributed by atoms with Crippen LogP contribution in [0.3, 0.4) is 0 Å². The van der Waals surface area contributed by atoms with Crippen molar-refractivity contribution in [1.82, 2.24) is 0 Å². The van der Waals surface area contributed by atoms with Gasteiger partial charge in [-0.15, -0.1) is 0 Å². The van der Waals surface area contributed by atoms with E-state index in [4.69, 9.17) is 32.7 Å². The third-order valence-corrected chi connectivity index (χ3v) is 4.90. The molecular weight excluding hydrogens is 503 g/mol. The van der Waals surface area contributed by atoms with E-state index in [0.717, 1.165) is 42.5 Å². The van der Waals surface area contributed by atoms with Crippen molar-refractivity contribution in [3.8, 4) is 23.0 Å². The molecule has 0 N–H and O–H groups in total. The maximum atomic E-state index is 13.1. The van der Waals surface area contributed by atoms with Crippen LogP contribution in [0.25, 0.3) is 0 Å². The first kappa shape index (κ1) is 24.5. The fourth-order valence-corrected chi connectivity index (χ4v) is 3.17. The summed E-state index contributed by atoms with van der Waals surface area (Å²) in [5.41, 5.74) is -2.96. The molecule has 0 atom stereocenters. The lowest BCUT2D eigenvalue weighted by Gasteiger charge is -2.17. The first-order valence-electron chi connectivity index (χ1n) is 8.64. The van der Waals surface area contributed by atoms with Crippen LogP contribution < -0.4 is 9.47 Å². The summed E-state index contributed by atoms with van der Waals surface area (Å²) in [6.45, 7) is 0. The molecule has 3 aromatic rings. The second-order valence-corrected chi connectivity index (χ2v) is 7.08. The van der Waals surface area contributed by atoms with E-state index in [1.165, 1.54) is 0 Å². The highest BCUT2D eigenvalue weighted by atomic mass is 35.5. The van der Waals surface area contributed by atoms with Crippen molar-refractivity contribution in [2.24, 2.45) is 0 Å². The maximum absolute atomic E-state index is 13.1. The first-order valence-corrected chi connectivity index (χ1v) is 9.40. The highest BCUT2D eigenvalue weighted by Gasteiger charge is 2.35. The van der Waals surface area contributed by atoms with Crippen LogP contribution in [-0.2, 0) is 12.4 Å². The van der Waals surface area contributed by atoms with Crippen LogP contribution in [-0.4, -0.2) is 4.92 Å². The molecule has 0 aliphatic heterocycles. The molecule has 33 heavy (non-hydrogen) atoms. The lowest BCUT2D eigenvalue weighted by atomic mass is 10.2. The third-order valence-electron chi connectivity index (χ3n) is 4.12. The molecule has 0 heterocycles. The molecule has 3 aromatic carbocycles. The van der Waals surface area contributed by atoms with E-state index in [-0.39, 0.29) is 5.75 Å². The molecule has 0 spiro atoms. The fourth-order valence-electron chi connectivity index (χ4n) is 2.63. The van der Waals surface area contributed by atoms with E-state index in [2.05, 4.69) is 0 Å². The third kappa shape index (κ3) is 5.42. The van der Waals surface area contributed by atoms with Gasteiger partial charge in [0.05, 0.1) is 32.2 Å². The maximum Gasteiger partial charge on any atom is 0.417 e. The monoisotopic (exact) mass is 511 g/mol. The van der Waals surface area contributed by atoms with Crippen molar-refractivity contribution in [1.29, 1.82) is 0 Å². The van der Waals surface area contributed by atoms with Crippen LogP contribution in [0.1, 0.15) is 11.1 Å². The van der Waals surface area contributed by atoms with E-state index < -0.39 is 61.4 Å². The quantitative estimate of drug-likeness (QED) is 0.195. The molecule has 0 bridgehead atoms. The van der Waals surface area contributed by atoms with Gasteiger partial charge in [-0.25, -0.2) is 0 Å². The van der Waals surface area contributed by atoms with Crippen molar-refractivity contribution in [2.75, 3.05) is 0 Å². The molecule has 0 amide bonds. The van der Waals surface area contributed by atoms with Gasteiger partial charge in [0.25, 0.3) is 5.69 Å². The molecule has 0 fully saturated rings. The molecule has 0 unspecified atom stereocenters. The van der Waals surface area contributed by atoms with Gasteiger partial charge in [-0.05, 0) is 30.3 Å². The summed E-state index contributed by atoms with van der Waals surface area (Å²) >= 11 is 11.6. The zero-order valence-corrected chi connectivity index (χ0v) is 17.3. The Morgan fingerprint density at radius 3 is 1.58 bits per heavy atom. The first-order chi connectivity index (χ1) is 15.3. The number of ether oxygens (including phenoxy) is 2. The van der Waals surface area contributed by atoms with E-state index in [1.54, 1.807) is 0 Å². The SMILES string of the molecule is O=[N+]([O-])c1ccc(Oc2cccc(C(F)(F)F)c2Cl)c(Oc2cccc(C(F)(F)F)c2Cl)c1. The van der Waals surface area contributed by atoms with Crippen LogP contribution >= 0.6 is 23.2 Å². The topological polar surface area (TPSA) is 61.6 Å². The average Bonchev–Trinajstić information content (AvgIpc) is 2.70. The number of benzene rings is 3. The number of hydrogen-bond donors (Lipinski definition) is 0. The summed E-state index contributed by atoms with van der Waals surface area (Å²) in [6, 6.07) is 8.34. The summed E-state index contributed by atoms with van der Waals surface area (Å²) in [7, 11) is 0. The van der Waals surface area contributed by atoms with E-state index in [0.29, 0.717) is 12.1 Å². The Morgan fingerprint density at radius 2 is 1.15 bits per heavy atom. The van der Waals surface area contributed by atoms with E-state index in [9.17, 15) is 36.5 Å². The smallest absolute Gasteiger partial charge is 0.417 e. The number of non-ortho nitro benzene ring substituents is 1. The van der Waals surface area contributed by atoms with E-state index in [1.807, 2.05) is 0 Å². The Balaban J connectivity index is 2.07. The highest BCUT2D eigenvalue weighted by Crippen LogP contribution is 2.45. The molecule has 0 aliphatic carbocycles. The second-order valence-electron chi connectivity index (χ2n) is 6.32. The standard InChI is InChI=1S/C20H9Cl2F6NO4/c21-17-11(19(23,24)25)3-1-5-14(17)32-13-8-7-10(29(30)31)9-16(13)33-15-6-2-4-12(18(15)22)20(26,27)28/h1-9H. The van der Waals surface area contributed by atoms with Gasteiger partial charge in [-0.1, -0.05) is 35.3 Å². The normalized spacial score (nSPS) is 11.9. The molecule has 174 valence electrons. The zero-order valence-electron chi connectivity index (χ0n) is 15.8. The lowest BCUT2D eigenvalue weighted by Crippen LogP contribution is -2.06. The minimum Gasteiger partial charge on any atom is -0.452 e.